The van der Waals surface area contributed by atoms with E-state index in [9.17, 15) is 0 Å². The van der Waals surface area contributed by atoms with Crippen LogP contribution < -0.4 is 0 Å². The first-order chi connectivity index (χ1) is 5.59. The fourth-order valence-electron chi connectivity index (χ4n) is 0.884. The van der Waals surface area contributed by atoms with Gasteiger partial charge in [-0.1, -0.05) is 29.3 Å². The first-order valence-corrected chi connectivity index (χ1v) is 4.31. The summed E-state index contributed by atoms with van der Waals surface area (Å²) in [6.45, 7) is 1.94. The van der Waals surface area contributed by atoms with Crippen molar-refractivity contribution in [1.29, 1.82) is 0 Å². The average Bonchev–Trinajstić information content (AvgIpc) is 1.94. The lowest BCUT2D eigenvalue weighted by atomic mass is 10.2. The summed E-state index contributed by atoms with van der Waals surface area (Å²) in [5.41, 5.74) is 0.978. The smallest absolute Gasteiger partial charge is 0.0555 e. The molecule has 1 aromatic carbocycles. The second kappa shape index (κ2) is 4.13. The van der Waals surface area contributed by atoms with Crippen molar-refractivity contribution in [3.05, 3.63) is 40.4 Å². The van der Waals surface area contributed by atoms with Gasteiger partial charge in [-0.05, 0) is 31.8 Å². The lowest BCUT2D eigenvalue weighted by Gasteiger charge is -2.09. The lowest BCUT2D eigenvalue weighted by Crippen LogP contribution is -2.08. The number of nitrogens with zero attached hydrogens (tertiary/aromatic N) is 1. The predicted octanol–water partition coefficient (Wildman–Crippen LogP) is 3.06. The van der Waals surface area contributed by atoms with Gasteiger partial charge in [0.2, 0.25) is 0 Å². The number of hydrogen-bond acceptors (Lipinski definition) is 1. The van der Waals surface area contributed by atoms with Crippen LogP contribution in [-0.2, 0) is 0 Å². The molecule has 3 heteroatoms. The summed E-state index contributed by atoms with van der Waals surface area (Å²) in [5.74, 6) is 0. The van der Waals surface area contributed by atoms with E-state index < -0.39 is 0 Å². The summed E-state index contributed by atoms with van der Waals surface area (Å²) in [5, 5.41) is 1.34. The number of rotatable bonds is 2. The van der Waals surface area contributed by atoms with Gasteiger partial charge in [0.15, 0.2) is 0 Å². The minimum absolute atomic E-state index is 0.663. The van der Waals surface area contributed by atoms with Crippen molar-refractivity contribution in [1.82, 2.24) is 4.90 Å². The quantitative estimate of drug-likeness (QED) is 0.713. The Morgan fingerprint density at radius 1 is 1.25 bits per heavy atom. The standard InChI is InChI=1S/C9H10Cl2N/c1-12(2)6-7-3-4-8(10)5-9(7)11/h3-6H,1-2H3. The molecule has 0 unspecified atom stereocenters. The van der Waals surface area contributed by atoms with E-state index in [0.717, 1.165) is 5.56 Å². The van der Waals surface area contributed by atoms with Gasteiger partial charge in [0.05, 0.1) is 6.54 Å². The molecule has 0 bridgehead atoms. The van der Waals surface area contributed by atoms with Crippen LogP contribution in [0.15, 0.2) is 18.2 Å². The molecule has 0 aromatic heterocycles. The molecular formula is C9H10Cl2N. The Morgan fingerprint density at radius 3 is 2.42 bits per heavy atom. The molecule has 0 heterocycles. The van der Waals surface area contributed by atoms with Crippen LogP contribution in [0.25, 0.3) is 0 Å². The molecular weight excluding hydrogens is 193 g/mol. The molecule has 0 aliphatic heterocycles. The monoisotopic (exact) mass is 202 g/mol. The Morgan fingerprint density at radius 2 is 1.92 bits per heavy atom. The van der Waals surface area contributed by atoms with E-state index in [0.29, 0.717) is 10.0 Å². The first kappa shape index (κ1) is 9.85. The summed E-state index contributed by atoms with van der Waals surface area (Å²) < 4.78 is 0. The van der Waals surface area contributed by atoms with Gasteiger partial charge in [-0.2, -0.15) is 0 Å². The highest BCUT2D eigenvalue weighted by atomic mass is 35.5. The van der Waals surface area contributed by atoms with Crippen molar-refractivity contribution in [2.45, 2.75) is 0 Å². The minimum atomic E-state index is 0.663. The van der Waals surface area contributed by atoms with E-state index in [-0.39, 0.29) is 0 Å². The maximum Gasteiger partial charge on any atom is 0.0555 e. The molecule has 1 aromatic rings. The van der Waals surface area contributed by atoms with Crippen LogP contribution in [0.4, 0.5) is 0 Å². The predicted molar refractivity (Wildman–Crippen MR) is 53.6 cm³/mol. The summed E-state index contributed by atoms with van der Waals surface area (Å²) >= 11 is 11.7. The van der Waals surface area contributed by atoms with Crippen molar-refractivity contribution in [2.24, 2.45) is 0 Å². The van der Waals surface area contributed by atoms with Crippen LogP contribution in [0.3, 0.4) is 0 Å². The molecule has 1 nitrogen and oxygen atoms in total. The second-order valence-electron chi connectivity index (χ2n) is 2.76. The minimum Gasteiger partial charge on any atom is -0.301 e. The van der Waals surface area contributed by atoms with Crippen LogP contribution in [0.5, 0.6) is 0 Å². The van der Waals surface area contributed by atoms with Crippen molar-refractivity contribution in [3.8, 4) is 0 Å². The molecule has 0 atom stereocenters. The zero-order chi connectivity index (χ0) is 9.14. The summed E-state index contributed by atoms with van der Waals surface area (Å²) in [7, 11) is 3.90. The van der Waals surface area contributed by atoms with Crippen LogP contribution in [0.2, 0.25) is 10.0 Å². The van der Waals surface area contributed by atoms with Crippen LogP contribution in [0, 0.1) is 6.54 Å². The van der Waals surface area contributed by atoms with E-state index in [1.807, 2.05) is 37.7 Å². The van der Waals surface area contributed by atoms with Crippen molar-refractivity contribution >= 4 is 23.2 Å². The van der Waals surface area contributed by atoms with Crippen molar-refractivity contribution in [3.63, 3.8) is 0 Å². The highest BCUT2D eigenvalue weighted by Crippen LogP contribution is 2.22. The Balaban J connectivity index is 2.86. The highest BCUT2D eigenvalue weighted by molar-refractivity contribution is 6.35. The SMILES string of the molecule is CN(C)[CH]c1ccc(Cl)cc1Cl. The van der Waals surface area contributed by atoms with Gasteiger partial charge in [0, 0.05) is 10.0 Å². The maximum absolute atomic E-state index is 5.93. The highest BCUT2D eigenvalue weighted by Gasteiger charge is 2.01. The fraction of sp³-hybridized carbons (Fsp3) is 0.222. The third kappa shape index (κ3) is 2.67. The molecule has 0 spiro atoms. The average molecular weight is 203 g/mol. The van der Waals surface area contributed by atoms with Gasteiger partial charge in [-0.25, -0.2) is 0 Å². The Hall–Kier alpha value is -0.240. The summed E-state index contributed by atoms with van der Waals surface area (Å²) in [6, 6.07) is 5.45. The molecule has 0 saturated heterocycles. The third-order valence-electron chi connectivity index (χ3n) is 1.36. The Labute approximate surface area is 82.9 Å². The topological polar surface area (TPSA) is 3.24 Å². The molecule has 0 amide bonds. The first-order valence-electron chi connectivity index (χ1n) is 3.56. The molecule has 0 fully saturated rings. The summed E-state index contributed by atoms with van der Waals surface area (Å²) in [4.78, 5) is 1.94. The molecule has 0 N–H and O–H groups in total. The second-order valence-corrected chi connectivity index (χ2v) is 3.60. The normalized spacial score (nSPS) is 10.8. The Kier molecular flexibility index (Phi) is 3.39. The van der Waals surface area contributed by atoms with Gasteiger partial charge in [-0.15, -0.1) is 0 Å². The molecule has 0 saturated carbocycles. The number of hydrogen-bond donors (Lipinski definition) is 0. The maximum atomic E-state index is 5.93. The van der Waals surface area contributed by atoms with E-state index in [4.69, 9.17) is 23.2 Å². The molecule has 1 radical (unpaired) electrons. The van der Waals surface area contributed by atoms with Gasteiger partial charge in [0.25, 0.3) is 0 Å². The lowest BCUT2D eigenvalue weighted by molar-refractivity contribution is 0.516. The van der Waals surface area contributed by atoms with Crippen LogP contribution in [0.1, 0.15) is 5.56 Å². The zero-order valence-corrected chi connectivity index (χ0v) is 8.52. The van der Waals surface area contributed by atoms with Gasteiger partial charge < -0.3 is 4.90 Å². The number of benzene rings is 1. The van der Waals surface area contributed by atoms with E-state index in [1.165, 1.54) is 0 Å². The molecule has 0 aliphatic carbocycles. The van der Waals surface area contributed by atoms with E-state index in [2.05, 4.69) is 0 Å². The zero-order valence-electron chi connectivity index (χ0n) is 7.01. The van der Waals surface area contributed by atoms with E-state index in [1.54, 1.807) is 6.07 Å². The van der Waals surface area contributed by atoms with Gasteiger partial charge in [-0.3, -0.25) is 0 Å². The van der Waals surface area contributed by atoms with E-state index >= 15 is 0 Å². The molecule has 65 valence electrons. The molecule has 1 rings (SSSR count). The van der Waals surface area contributed by atoms with Crippen molar-refractivity contribution < 1.29 is 0 Å². The van der Waals surface area contributed by atoms with Crippen LogP contribution >= 0.6 is 23.2 Å². The summed E-state index contributed by atoms with van der Waals surface area (Å²) in [6.07, 6.45) is 0. The molecule has 0 aliphatic rings. The fourth-order valence-corrected chi connectivity index (χ4v) is 1.34. The van der Waals surface area contributed by atoms with Crippen molar-refractivity contribution in [2.75, 3.05) is 14.1 Å². The third-order valence-corrected chi connectivity index (χ3v) is 1.92. The molecule has 12 heavy (non-hydrogen) atoms. The van der Waals surface area contributed by atoms with Gasteiger partial charge >= 0.3 is 0 Å². The largest absolute Gasteiger partial charge is 0.301 e. The Bertz CT molecular complexity index is 271. The van der Waals surface area contributed by atoms with Gasteiger partial charge in [0.1, 0.15) is 0 Å². The van der Waals surface area contributed by atoms with Crippen LogP contribution in [-0.4, -0.2) is 19.0 Å². The number of halogens is 2.